The lowest BCUT2D eigenvalue weighted by atomic mass is 9.90. The van der Waals surface area contributed by atoms with Gasteiger partial charge in [-0.25, -0.2) is 4.39 Å². The van der Waals surface area contributed by atoms with Crippen LogP contribution in [-0.4, -0.2) is 19.3 Å². The Hall–Kier alpha value is -0.680. The molecule has 1 aromatic carbocycles. The highest BCUT2D eigenvalue weighted by molar-refractivity contribution is 6.30. The first-order valence-corrected chi connectivity index (χ1v) is 6.56. The molecule has 1 saturated heterocycles. The summed E-state index contributed by atoms with van der Waals surface area (Å²) in [5.74, 6) is 5.61. The number of benzene rings is 1. The minimum Gasteiger partial charge on any atom is -0.381 e. The molecular weight excluding hydrogens is 255 g/mol. The highest BCUT2D eigenvalue weighted by Crippen LogP contribution is 2.22. The predicted molar refractivity (Wildman–Crippen MR) is 69.8 cm³/mol. The van der Waals surface area contributed by atoms with Gasteiger partial charge in [-0.3, -0.25) is 11.3 Å². The van der Waals surface area contributed by atoms with Crippen LogP contribution in [0.2, 0.25) is 5.02 Å². The van der Waals surface area contributed by atoms with E-state index in [1.165, 1.54) is 6.07 Å². The van der Waals surface area contributed by atoms with Crippen molar-refractivity contribution < 1.29 is 9.13 Å². The normalized spacial score (nSPS) is 21.8. The smallest absolute Gasteiger partial charge is 0.141 e. The third-order valence-electron chi connectivity index (χ3n) is 3.42. The zero-order valence-electron chi connectivity index (χ0n) is 10.2. The molecule has 100 valence electrons. The molecule has 1 aliphatic heterocycles. The van der Waals surface area contributed by atoms with Gasteiger partial charge in [0.15, 0.2) is 0 Å². The van der Waals surface area contributed by atoms with Crippen LogP contribution in [0.15, 0.2) is 18.2 Å². The van der Waals surface area contributed by atoms with Gasteiger partial charge < -0.3 is 4.74 Å². The van der Waals surface area contributed by atoms with E-state index in [0.717, 1.165) is 38.0 Å². The molecule has 0 saturated carbocycles. The molecule has 3 nitrogen and oxygen atoms in total. The molecule has 1 aromatic rings. The summed E-state index contributed by atoms with van der Waals surface area (Å²) < 4.78 is 18.5. The third kappa shape index (κ3) is 3.42. The van der Waals surface area contributed by atoms with Crippen molar-refractivity contribution in [2.75, 3.05) is 13.2 Å². The van der Waals surface area contributed by atoms with E-state index >= 15 is 0 Å². The number of nitrogens with two attached hydrogens (primary N) is 1. The molecule has 0 bridgehead atoms. The molecule has 0 aliphatic carbocycles. The molecule has 2 unspecified atom stereocenters. The zero-order chi connectivity index (χ0) is 13.0. The van der Waals surface area contributed by atoms with Crippen molar-refractivity contribution in [2.45, 2.75) is 25.3 Å². The maximum absolute atomic E-state index is 13.1. The van der Waals surface area contributed by atoms with E-state index in [0.29, 0.717) is 5.92 Å². The molecule has 0 amide bonds. The Bertz CT molecular complexity index is 397. The number of hydrogen-bond donors (Lipinski definition) is 2. The SMILES string of the molecule is NNC(Cc1ccc(F)c(Cl)c1)C1CCCOC1. The van der Waals surface area contributed by atoms with E-state index in [2.05, 4.69) is 5.43 Å². The van der Waals surface area contributed by atoms with Crippen molar-refractivity contribution in [3.05, 3.63) is 34.6 Å². The van der Waals surface area contributed by atoms with Gasteiger partial charge in [-0.2, -0.15) is 0 Å². The number of hydrogen-bond acceptors (Lipinski definition) is 3. The number of halogens is 2. The monoisotopic (exact) mass is 272 g/mol. The summed E-state index contributed by atoms with van der Waals surface area (Å²) in [4.78, 5) is 0. The lowest BCUT2D eigenvalue weighted by molar-refractivity contribution is 0.0393. The minimum absolute atomic E-state index is 0.131. The van der Waals surface area contributed by atoms with Gasteiger partial charge >= 0.3 is 0 Å². The molecular formula is C13H18ClFN2O. The van der Waals surface area contributed by atoms with Gasteiger partial charge in [-0.15, -0.1) is 0 Å². The highest BCUT2D eigenvalue weighted by atomic mass is 35.5. The molecule has 1 aliphatic rings. The summed E-state index contributed by atoms with van der Waals surface area (Å²) in [5, 5.41) is 0.156. The second-order valence-corrected chi connectivity index (χ2v) is 5.11. The van der Waals surface area contributed by atoms with E-state index in [-0.39, 0.29) is 11.1 Å². The van der Waals surface area contributed by atoms with Gasteiger partial charge in [-0.1, -0.05) is 17.7 Å². The topological polar surface area (TPSA) is 47.3 Å². The van der Waals surface area contributed by atoms with Crippen molar-refractivity contribution in [1.29, 1.82) is 0 Å². The molecule has 3 N–H and O–H groups in total. The second kappa shape index (κ2) is 6.48. The molecule has 0 spiro atoms. The largest absolute Gasteiger partial charge is 0.381 e. The van der Waals surface area contributed by atoms with Gasteiger partial charge in [0.05, 0.1) is 11.6 Å². The fourth-order valence-corrected chi connectivity index (χ4v) is 2.57. The van der Waals surface area contributed by atoms with E-state index in [1.807, 2.05) is 0 Å². The van der Waals surface area contributed by atoms with E-state index in [9.17, 15) is 4.39 Å². The molecule has 0 radical (unpaired) electrons. The molecule has 1 heterocycles. The Labute approximate surface area is 111 Å². The standard InChI is InChI=1S/C13H18ClFN2O/c14-11-6-9(3-4-12(11)15)7-13(17-16)10-2-1-5-18-8-10/h3-4,6,10,13,17H,1-2,5,7-8,16H2. The lowest BCUT2D eigenvalue weighted by Gasteiger charge is -2.29. The average molecular weight is 273 g/mol. The number of hydrazine groups is 1. The Morgan fingerprint density at radius 3 is 3.00 bits per heavy atom. The first-order valence-electron chi connectivity index (χ1n) is 6.18. The van der Waals surface area contributed by atoms with Gasteiger partial charge in [0.2, 0.25) is 0 Å². The van der Waals surface area contributed by atoms with Crippen LogP contribution in [0.25, 0.3) is 0 Å². The number of ether oxygens (including phenoxy) is 1. The first kappa shape index (κ1) is 13.7. The van der Waals surface area contributed by atoms with Gasteiger partial charge in [0, 0.05) is 12.6 Å². The lowest BCUT2D eigenvalue weighted by Crippen LogP contribution is -2.45. The molecule has 2 atom stereocenters. The fraction of sp³-hybridized carbons (Fsp3) is 0.538. The molecule has 2 rings (SSSR count). The minimum atomic E-state index is -0.390. The molecule has 1 fully saturated rings. The van der Waals surface area contributed by atoms with Crippen LogP contribution >= 0.6 is 11.6 Å². The van der Waals surface area contributed by atoms with Crippen LogP contribution in [-0.2, 0) is 11.2 Å². The maximum atomic E-state index is 13.1. The highest BCUT2D eigenvalue weighted by Gasteiger charge is 2.23. The summed E-state index contributed by atoms with van der Waals surface area (Å²) in [6.45, 7) is 1.56. The summed E-state index contributed by atoms with van der Waals surface area (Å²) in [6, 6.07) is 4.93. The molecule has 0 aromatic heterocycles. The van der Waals surface area contributed by atoms with Gasteiger partial charge in [0.25, 0.3) is 0 Å². The van der Waals surface area contributed by atoms with Gasteiger partial charge in [0.1, 0.15) is 5.82 Å². The van der Waals surface area contributed by atoms with E-state index in [4.69, 9.17) is 22.2 Å². The first-order chi connectivity index (χ1) is 8.70. The summed E-state index contributed by atoms with van der Waals surface area (Å²) in [7, 11) is 0. The van der Waals surface area contributed by atoms with Crippen molar-refractivity contribution >= 4 is 11.6 Å². The average Bonchev–Trinajstić information content (AvgIpc) is 2.41. The van der Waals surface area contributed by atoms with Crippen LogP contribution in [0.4, 0.5) is 4.39 Å². The predicted octanol–water partition coefficient (Wildman–Crippen LogP) is 2.28. The maximum Gasteiger partial charge on any atom is 0.141 e. The Morgan fingerprint density at radius 1 is 1.56 bits per heavy atom. The van der Waals surface area contributed by atoms with E-state index in [1.54, 1.807) is 12.1 Å². The fourth-order valence-electron chi connectivity index (χ4n) is 2.37. The molecule has 5 heteroatoms. The second-order valence-electron chi connectivity index (χ2n) is 4.70. The molecule has 18 heavy (non-hydrogen) atoms. The van der Waals surface area contributed by atoms with Crippen molar-refractivity contribution in [2.24, 2.45) is 11.8 Å². The number of rotatable bonds is 4. The van der Waals surface area contributed by atoms with Crippen LogP contribution in [0.3, 0.4) is 0 Å². The summed E-state index contributed by atoms with van der Waals surface area (Å²) in [6.07, 6.45) is 2.89. The summed E-state index contributed by atoms with van der Waals surface area (Å²) in [5.41, 5.74) is 3.82. The van der Waals surface area contributed by atoms with Crippen LogP contribution in [0.5, 0.6) is 0 Å². The zero-order valence-corrected chi connectivity index (χ0v) is 10.9. The van der Waals surface area contributed by atoms with Crippen molar-refractivity contribution in [1.82, 2.24) is 5.43 Å². The van der Waals surface area contributed by atoms with Crippen molar-refractivity contribution in [3.8, 4) is 0 Å². The van der Waals surface area contributed by atoms with Crippen LogP contribution in [0.1, 0.15) is 18.4 Å². The Morgan fingerprint density at radius 2 is 2.39 bits per heavy atom. The van der Waals surface area contributed by atoms with Crippen molar-refractivity contribution in [3.63, 3.8) is 0 Å². The Kier molecular flexibility index (Phi) is 4.95. The van der Waals surface area contributed by atoms with E-state index < -0.39 is 5.82 Å². The number of nitrogens with one attached hydrogen (secondary N) is 1. The van der Waals surface area contributed by atoms with Crippen LogP contribution in [0, 0.1) is 11.7 Å². The quantitative estimate of drug-likeness (QED) is 0.653. The van der Waals surface area contributed by atoms with Gasteiger partial charge in [-0.05, 0) is 42.9 Å². The third-order valence-corrected chi connectivity index (χ3v) is 3.71. The Balaban J connectivity index is 2.02. The van der Waals surface area contributed by atoms with Crippen LogP contribution < -0.4 is 11.3 Å². The summed E-state index contributed by atoms with van der Waals surface area (Å²) >= 11 is 5.77.